The van der Waals surface area contributed by atoms with Crippen LogP contribution in [0.4, 0.5) is 17.1 Å². The van der Waals surface area contributed by atoms with Crippen molar-refractivity contribution in [1.29, 1.82) is 0 Å². The van der Waals surface area contributed by atoms with Crippen LogP contribution >= 0.6 is 0 Å². The van der Waals surface area contributed by atoms with Crippen molar-refractivity contribution in [2.24, 2.45) is 0 Å². The van der Waals surface area contributed by atoms with E-state index in [0.29, 0.717) is 25.1 Å². The van der Waals surface area contributed by atoms with E-state index in [9.17, 15) is 13.2 Å². The number of nitrogens with zero attached hydrogens (tertiary/aromatic N) is 3. The molecule has 0 spiro atoms. The van der Waals surface area contributed by atoms with E-state index in [1.807, 2.05) is 25.1 Å². The minimum Gasteiger partial charge on any atom is -0.367 e. The highest BCUT2D eigenvalue weighted by Gasteiger charge is 2.26. The van der Waals surface area contributed by atoms with Crippen molar-refractivity contribution in [1.82, 2.24) is 4.90 Å². The van der Waals surface area contributed by atoms with Crippen LogP contribution < -0.4 is 14.5 Å². The van der Waals surface area contributed by atoms with Gasteiger partial charge in [0.2, 0.25) is 5.91 Å². The predicted molar refractivity (Wildman–Crippen MR) is 120 cm³/mol. The molecule has 1 fully saturated rings. The molecule has 8 heteroatoms. The van der Waals surface area contributed by atoms with Gasteiger partial charge in [-0.1, -0.05) is 19.1 Å². The SMILES string of the molecule is CCC(=O)N1CCc2cc(S(=O)(=O)Nc3ccccc3N3CCN(C)CC3)ccc21. The molecule has 2 heterocycles. The third kappa shape index (κ3) is 4.02. The second-order valence-corrected chi connectivity index (χ2v) is 9.53. The van der Waals surface area contributed by atoms with E-state index >= 15 is 0 Å². The molecule has 2 aliphatic heterocycles. The van der Waals surface area contributed by atoms with Crippen molar-refractivity contribution in [3.8, 4) is 0 Å². The van der Waals surface area contributed by atoms with Crippen LogP contribution in [0.5, 0.6) is 0 Å². The third-order valence-electron chi connectivity index (χ3n) is 5.85. The number of sulfonamides is 1. The lowest BCUT2D eigenvalue weighted by atomic mass is 10.2. The van der Waals surface area contributed by atoms with E-state index in [0.717, 1.165) is 43.1 Å². The zero-order valence-electron chi connectivity index (χ0n) is 17.5. The van der Waals surface area contributed by atoms with Gasteiger partial charge in [0.05, 0.1) is 16.3 Å². The number of likely N-dealkylation sites (N-methyl/N-ethyl adjacent to an activating group) is 1. The number of nitrogens with one attached hydrogen (secondary N) is 1. The fourth-order valence-corrected chi connectivity index (χ4v) is 5.21. The Hall–Kier alpha value is -2.58. The molecule has 0 unspecified atom stereocenters. The number of carbonyl (C=O) groups is 1. The average Bonchev–Trinajstić information content (AvgIpc) is 3.17. The van der Waals surface area contributed by atoms with E-state index < -0.39 is 10.0 Å². The molecule has 2 aromatic rings. The number of rotatable bonds is 5. The molecule has 160 valence electrons. The maximum absolute atomic E-state index is 13.1. The number of fused-ring (bicyclic) bond motifs is 1. The summed E-state index contributed by atoms with van der Waals surface area (Å²) in [6, 6.07) is 12.6. The summed E-state index contributed by atoms with van der Waals surface area (Å²) in [5.74, 6) is 0.0589. The van der Waals surface area contributed by atoms with Gasteiger partial charge >= 0.3 is 0 Å². The summed E-state index contributed by atoms with van der Waals surface area (Å²) in [7, 11) is -1.65. The number of benzene rings is 2. The minimum atomic E-state index is -3.74. The summed E-state index contributed by atoms with van der Waals surface area (Å²) >= 11 is 0. The highest BCUT2D eigenvalue weighted by atomic mass is 32.2. The van der Waals surface area contributed by atoms with Gasteiger partial charge in [-0.2, -0.15) is 0 Å². The van der Waals surface area contributed by atoms with Crippen LogP contribution in [-0.4, -0.2) is 59.0 Å². The van der Waals surface area contributed by atoms with Crippen molar-refractivity contribution in [2.45, 2.75) is 24.7 Å². The Bertz CT molecular complexity index is 1050. The Labute approximate surface area is 178 Å². The lowest BCUT2D eigenvalue weighted by Gasteiger charge is -2.35. The highest BCUT2D eigenvalue weighted by Crippen LogP contribution is 2.33. The number of piperazine rings is 1. The Kier molecular flexibility index (Phi) is 5.71. The molecule has 0 saturated carbocycles. The third-order valence-corrected chi connectivity index (χ3v) is 7.22. The largest absolute Gasteiger partial charge is 0.367 e. The predicted octanol–water partition coefficient (Wildman–Crippen LogP) is 2.54. The standard InChI is InChI=1S/C22H28N4O3S/c1-3-22(27)26-11-10-17-16-18(8-9-20(17)26)30(28,29)23-19-6-4-5-7-21(19)25-14-12-24(2)13-15-25/h4-9,16,23H,3,10-15H2,1-2H3. The van der Waals surface area contributed by atoms with Crippen molar-refractivity contribution in [3.63, 3.8) is 0 Å². The molecule has 0 bridgehead atoms. The number of anilines is 3. The number of hydrogen-bond donors (Lipinski definition) is 1. The van der Waals surface area contributed by atoms with E-state index in [1.54, 1.807) is 29.2 Å². The molecular weight excluding hydrogens is 400 g/mol. The van der Waals surface area contributed by atoms with Gasteiger partial charge in [-0.3, -0.25) is 9.52 Å². The number of carbonyl (C=O) groups excluding carboxylic acids is 1. The van der Waals surface area contributed by atoms with Crippen molar-refractivity contribution < 1.29 is 13.2 Å². The summed E-state index contributed by atoms with van der Waals surface area (Å²) in [6.07, 6.45) is 1.10. The fraction of sp³-hybridized carbons (Fsp3) is 0.409. The van der Waals surface area contributed by atoms with E-state index in [-0.39, 0.29) is 10.8 Å². The molecule has 7 nitrogen and oxygen atoms in total. The van der Waals surface area contributed by atoms with Gasteiger partial charge in [0.25, 0.3) is 10.0 Å². The summed E-state index contributed by atoms with van der Waals surface area (Å²) < 4.78 is 29.1. The van der Waals surface area contributed by atoms with E-state index in [1.165, 1.54) is 0 Å². The molecule has 0 radical (unpaired) electrons. The van der Waals surface area contributed by atoms with Crippen molar-refractivity contribution >= 4 is 33.0 Å². The Balaban J connectivity index is 1.58. The Morgan fingerprint density at radius 3 is 2.47 bits per heavy atom. The van der Waals surface area contributed by atoms with Crippen LogP contribution in [-0.2, 0) is 21.2 Å². The maximum Gasteiger partial charge on any atom is 0.261 e. The quantitative estimate of drug-likeness (QED) is 0.792. The lowest BCUT2D eigenvalue weighted by Crippen LogP contribution is -2.44. The maximum atomic E-state index is 13.1. The summed E-state index contributed by atoms with van der Waals surface area (Å²) in [4.78, 5) is 18.5. The molecule has 0 aliphatic carbocycles. The van der Waals surface area contributed by atoms with Gasteiger partial charge in [0.15, 0.2) is 0 Å². The first-order valence-electron chi connectivity index (χ1n) is 10.4. The highest BCUT2D eigenvalue weighted by molar-refractivity contribution is 7.92. The topological polar surface area (TPSA) is 73.0 Å². The number of hydrogen-bond acceptors (Lipinski definition) is 5. The number of amides is 1. The molecule has 1 saturated heterocycles. The minimum absolute atomic E-state index is 0.0589. The Morgan fingerprint density at radius 2 is 1.73 bits per heavy atom. The zero-order valence-corrected chi connectivity index (χ0v) is 18.3. The van der Waals surface area contributed by atoms with Crippen molar-refractivity contribution in [2.75, 3.05) is 54.3 Å². The molecule has 0 atom stereocenters. The average molecular weight is 429 g/mol. The first-order chi connectivity index (χ1) is 14.4. The second kappa shape index (κ2) is 8.28. The molecular formula is C22H28N4O3S. The molecule has 2 aromatic carbocycles. The van der Waals surface area contributed by atoms with Crippen LogP contribution in [0, 0.1) is 0 Å². The first-order valence-corrected chi connectivity index (χ1v) is 11.9. The van der Waals surface area contributed by atoms with Gasteiger partial charge in [0.1, 0.15) is 0 Å². The van der Waals surface area contributed by atoms with Gasteiger partial charge < -0.3 is 14.7 Å². The van der Waals surface area contributed by atoms with Gasteiger partial charge in [-0.05, 0) is 49.4 Å². The van der Waals surface area contributed by atoms with E-state index in [2.05, 4.69) is 21.6 Å². The molecule has 1 amide bonds. The van der Waals surface area contributed by atoms with Crippen LogP contribution in [0.2, 0.25) is 0 Å². The van der Waals surface area contributed by atoms with Gasteiger partial charge in [0, 0.05) is 44.8 Å². The smallest absolute Gasteiger partial charge is 0.261 e. The molecule has 0 aromatic heterocycles. The molecule has 2 aliphatic rings. The fourth-order valence-electron chi connectivity index (χ4n) is 4.08. The number of para-hydroxylation sites is 2. The van der Waals surface area contributed by atoms with Crippen LogP contribution in [0.3, 0.4) is 0 Å². The molecule has 1 N–H and O–H groups in total. The van der Waals surface area contributed by atoms with E-state index in [4.69, 9.17) is 0 Å². The monoisotopic (exact) mass is 428 g/mol. The van der Waals surface area contributed by atoms with Crippen LogP contribution in [0.1, 0.15) is 18.9 Å². The lowest BCUT2D eigenvalue weighted by molar-refractivity contribution is -0.118. The van der Waals surface area contributed by atoms with Crippen LogP contribution in [0.15, 0.2) is 47.4 Å². The summed E-state index contributed by atoms with van der Waals surface area (Å²) in [6.45, 7) is 6.04. The Morgan fingerprint density at radius 1 is 1.00 bits per heavy atom. The normalized spacial score (nSPS) is 17.1. The zero-order chi connectivity index (χ0) is 21.3. The van der Waals surface area contributed by atoms with Gasteiger partial charge in [-0.25, -0.2) is 8.42 Å². The second-order valence-electron chi connectivity index (χ2n) is 7.85. The summed E-state index contributed by atoms with van der Waals surface area (Å²) in [5, 5.41) is 0. The van der Waals surface area contributed by atoms with Gasteiger partial charge in [-0.15, -0.1) is 0 Å². The molecule has 4 rings (SSSR count). The molecule has 30 heavy (non-hydrogen) atoms. The summed E-state index contributed by atoms with van der Waals surface area (Å²) in [5.41, 5.74) is 3.20. The van der Waals surface area contributed by atoms with Crippen LogP contribution in [0.25, 0.3) is 0 Å². The van der Waals surface area contributed by atoms with Crippen molar-refractivity contribution in [3.05, 3.63) is 48.0 Å². The first kappa shape index (κ1) is 20.7.